The van der Waals surface area contributed by atoms with Crippen LogP contribution in [0, 0.1) is 0 Å². The van der Waals surface area contributed by atoms with Crippen LogP contribution in [0.4, 0.5) is 0 Å². The van der Waals surface area contributed by atoms with Crippen LogP contribution in [0.3, 0.4) is 0 Å². The third-order valence-electron chi connectivity index (χ3n) is 1.83. The van der Waals surface area contributed by atoms with Crippen LogP contribution in [-0.2, 0) is 6.54 Å². The van der Waals surface area contributed by atoms with Crippen LogP contribution >= 0.6 is 0 Å². The van der Waals surface area contributed by atoms with Gasteiger partial charge in [-0.15, -0.1) is 0 Å². The van der Waals surface area contributed by atoms with Gasteiger partial charge in [0.1, 0.15) is 0 Å². The third kappa shape index (κ3) is 2.40. The smallest absolute Gasteiger partial charge is 0.288 e. The number of pyridine rings is 1. The van der Waals surface area contributed by atoms with Gasteiger partial charge in [-0.25, -0.2) is 4.98 Å². The fraction of sp³-hybridized carbons (Fsp3) is 0.100. The van der Waals surface area contributed by atoms with Gasteiger partial charge in [0.05, 0.1) is 6.20 Å². The summed E-state index contributed by atoms with van der Waals surface area (Å²) in [5.41, 5.74) is 0.936. The molecule has 2 heterocycles. The minimum atomic E-state index is -0.281. The van der Waals surface area contributed by atoms with E-state index in [1.54, 1.807) is 12.4 Å². The second-order valence-electron chi connectivity index (χ2n) is 2.91. The van der Waals surface area contributed by atoms with Crippen LogP contribution < -0.4 is 5.32 Å². The second-order valence-corrected chi connectivity index (χ2v) is 2.91. The number of hydrogen-bond donors (Lipinski definition) is 1. The lowest BCUT2D eigenvalue weighted by Crippen LogP contribution is -2.22. The maximum absolute atomic E-state index is 11.4. The first-order valence-electron chi connectivity index (χ1n) is 4.42. The number of hydrogen-bond acceptors (Lipinski definition) is 4. The molecule has 5 nitrogen and oxygen atoms in total. The molecule has 0 fully saturated rings. The second kappa shape index (κ2) is 4.36. The molecule has 0 radical (unpaired) electrons. The van der Waals surface area contributed by atoms with Crippen molar-refractivity contribution in [2.75, 3.05) is 0 Å². The predicted molar refractivity (Wildman–Crippen MR) is 51.9 cm³/mol. The number of nitrogens with one attached hydrogen (secondary N) is 1. The average molecular weight is 203 g/mol. The molecule has 0 spiro atoms. The Kier molecular flexibility index (Phi) is 2.73. The highest BCUT2D eigenvalue weighted by Crippen LogP contribution is 1.98. The zero-order chi connectivity index (χ0) is 10.5. The Bertz CT molecular complexity index is 425. The normalized spacial score (nSPS) is 9.87. The van der Waals surface area contributed by atoms with Crippen molar-refractivity contribution in [2.24, 2.45) is 0 Å². The van der Waals surface area contributed by atoms with Crippen molar-refractivity contribution in [2.45, 2.75) is 6.54 Å². The van der Waals surface area contributed by atoms with Crippen molar-refractivity contribution in [1.82, 2.24) is 15.3 Å². The number of amides is 1. The van der Waals surface area contributed by atoms with Crippen molar-refractivity contribution in [1.29, 1.82) is 0 Å². The van der Waals surface area contributed by atoms with Crippen LogP contribution in [0.1, 0.15) is 16.1 Å². The summed E-state index contributed by atoms with van der Waals surface area (Å²) in [6.07, 6.45) is 5.97. The summed E-state index contributed by atoms with van der Waals surface area (Å²) in [4.78, 5) is 19.0. The molecule has 0 aliphatic heterocycles. The first-order valence-corrected chi connectivity index (χ1v) is 4.42. The zero-order valence-corrected chi connectivity index (χ0v) is 7.88. The van der Waals surface area contributed by atoms with E-state index in [1.807, 2.05) is 12.1 Å². The number of carbonyl (C=O) groups is 1. The van der Waals surface area contributed by atoms with Gasteiger partial charge in [0.15, 0.2) is 6.39 Å². The average Bonchev–Trinajstić information content (AvgIpc) is 2.81. The maximum atomic E-state index is 11.4. The van der Waals surface area contributed by atoms with Gasteiger partial charge in [-0.05, 0) is 11.6 Å². The van der Waals surface area contributed by atoms with Crippen LogP contribution in [-0.4, -0.2) is 15.9 Å². The molecule has 2 aromatic rings. The molecular weight excluding hydrogens is 194 g/mol. The lowest BCUT2D eigenvalue weighted by molar-refractivity contribution is 0.0923. The molecule has 5 heteroatoms. The van der Waals surface area contributed by atoms with E-state index >= 15 is 0 Å². The van der Waals surface area contributed by atoms with Crippen LogP contribution in [0.2, 0.25) is 0 Å². The van der Waals surface area contributed by atoms with Gasteiger partial charge in [0.2, 0.25) is 5.76 Å². The molecule has 0 aromatic carbocycles. The fourth-order valence-corrected chi connectivity index (χ4v) is 1.10. The Hall–Kier alpha value is -2.17. The van der Waals surface area contributed by atoms with Crippen molar-refractivity contribution >= 4 is 5.91 Å². The van der Waals surface area contributed by atoms with Crippen LogP contribution in [0.5, 0.6) is 0 Å². The van der Waals surface area contributed by atoms with E-state index in [9.17, 15) is 4.79 Å². The van der Waals surface area contributed by atoms with Gasteiger partial charge in [0, 0.05) is 18.9 Å². The van der Waals surface area contributed by atoms with Crippen molar-refractivity contribution < 1.29 is 9.21 Å². The SMILES string of the molecule is O=C(NCc1cccnc1)c1cnco1. The van der Waals surface area contributed by atoms with Crippen molar-refractivity contribution in [3.8, 4) is 0 Å². The van der Waals surface area contributed by atoms with E-state index in [-0.39, 0.29) is 11.7 Å². The number of oxazole rings is 1. The molecule has 0 saturated carbocycles. The summed E-state index contributed by atoms with van der Waals surface area (Å²) in [6.45, 7) is 0.424. The van der Waals surface area contributed by atoms with Gasteiger partial charge >= 0.3 is 0 Å². The van der Waals surface area contributed by atoms with Crippen LogP contribution in [0.15, 0.2) is 41.5 Å². The van der Waals surface area contributed by atoms with E-state index in [2.05, 4.69) is 15.3 Å². The Labute approximate surface area is 86.2 Å². The van der Waals surface area contributed by atoms with E-state index < -0.39 is 0 Å². The largest absolute Gasteiger partial charge is 0.438 e. The first-order chi connectivity index (χ1) is 7.36. The van der Waals surface area contributed by atoms with E-state index in [0.29, 0.717) is 6.54 Å². The Morgan fingerprint density at radius 2 is 2.33 bits per heavy atom. The number of carbonyl (C=O) groups excluding carboxylic acids is 1. The lowest BCUT2D eigenvalue weighted by atomic mass is 10.3. The molecule has 0 aliphatic carbocycles. The molecule has 1 N–H and O–H groups in total. The standard InChI is InChI=1S/C10H9N3O2/c14-10(9-6-12-7-15-9)13-5-8-2-1-3-11-4-8/h1-4,6-7H,5H2,(H,13,14). The van der Waals surface area contributed by atoms with E-state index in [0.717, 1.165) is 5.56 Å². The van der Waals surface area contributed by atoms with Crippen LogP contribution in [0.25, 0.3) is 0 Å². The zero-order valence-electron chi connectivity index (χ0n) is 7.88. The summed E-state index contributed by atoms with van der Waals surface area (Å²) < 4.78 is 4.84. The molecule has 2 rings (SSSR count). The summed E-state index contributed by atoms with van der Waals surface area (Å²) in [7, 11) is 0. The predicted octanol–water partition coefficient (Wildman–Crippen LogP) is 1.000. The molecule has 76 valence electrons. The van der Waals surface area contributed by atoms with Gasteiger partial charge < -0.3 is 9.73 Å². The van der Waals surface area contributed by atoms with E-state index in [1.165, 1.54) is 12.6 Å². The van der Waals surface area contributed by atoms with E-state index in [4.69, 9.17) is 4.42 Å². The minimum absolute atomic E-state index is 0.207. The lowest BCUT2D eigenvalue weighted by Gasteiger charge is -2.01. The molecular formula is C10H9N3O2. The highest BCUT2D eigenvalue weighted by Gasteiger charge is 2.07. The summed E-state index contributed by atoms with van der Waals surface area (Å²) in [5, 5.41) is 2.69. The summed E-state index contributed by atoms with van der Waals surface area (Å²) >= 11 is 0. The minimum Gasteiger partial charge on any atom is -0.438 e. The topological polar surface area (TPSA) is 68.0 Å². The number of rotatable bonds is 3. The monoisotopic (exact) mass is 203 g/mol. The summed E-state index contributed by atoms with van der Waals surface area (Å²) in [5.74, 6) is -0.0738. The van der Waals surface area contributed by atoms with Gasteiger partial charge in [0.25, 0.3) is 5.91 Å². The molecule has 0 bridgehead atoms. The molecule has 1 amide bonds. The fourth-order valence-electron chi connectivity index (χ4n) is 1.10. The Morgan fingerprint density at radius 1 is 1.40 bits per heavy atom. The molecule has 15 heavy (non-hydrogen) atoms. The van der Waals surface area contributed by atoms with Crippen molar-refractivity contribution in [3.63, 3.8) is 0 Å². The Balaban J connectivity index is 1.92. The number of aromatic nitrogens is 2. The highest BCUT2D eigenvalue weighted by atomic mass is 16.3. The molecule has 0 aliphatic rings. The van der Waals surface area contributed by atoms with Gasteiger partial charge in [-0.1, -0.05) is 6.07 Å². The molecule has 0 unspecified atom stereocenters. The molecule has 0 atom stereocenters. The first kappa shape index (κ1) is 9.39. The quantitative estimate of drug-likeness (QED) is 0.808. The third-order valence-corrected chi connectivity index (χ3v) is 1.83. The summed E-state index contributed by atoms with van der Waals surface area (Å²) in [6, 6.07) is 3.70. The molecule has 0 saturated heterocycles. The highest BCUT2D eigenvalue weighted by molar-refractivity contribution is 5.90. The van der Waals surface area contributed by atoms with Gasteiger partial charge in [-0.3, -0.25) is 9.78 Å². The molecule has 2 aromatic heterocycles. The van der Waals surface area contributed by atoms with Gasteiger partial charge in [-0.2, -0.15) is 0 Å². The van der Waals surface area contributed by atoms with Crippen molar-refractivity contribution in [3.05, 3.63) is 48.4 Å². The Morgan fingerprint density at radius 3 is 3.00 bits per heavy atom. The maximum Gasteiger partial charge on any atom is 0.288 e. The number of nitrogens with zero attached hydrogens (tertiary/aromatic N) is 2.